The van der Waals surface area contributed by atoms with Crippen molar-refractivity contribution >= 4 is 21.7 Å². The molecule has 2 aliphatic rings. The Morgan fingerprint density at radius 3 is 2.70 bits per heavy atom. The summed E-state index contributed by atoms with van der Waals surface area (Å²) in [5.74, 6) is -1.13. The minimum atomic E-state index is -3.37. The number of carbonyl (C=O) groups is 2. The third kappa shape index (κ3) is 6.65. The quantitative estimate of drug-likeness (QED) is 0.449. The number of carbonyl (C=O) groups excluding carboxylic acids is 2. The van der Waals surface area contributed by atoms with E-state index in [-0.39, 0.29) is 40.9 Å². The smallest absolute Gasteiger partial charge is 0.229 e. The van der Waals surface area contributed by atoms with Crippen LogP contribution in [-0.4, -0.2) is 38.3 Å². The second kappa shape index (κ2) is 9.73. The summed E-state index contributed by atoms with van der Waals surface area (Å²) in [6.07, 6.45) is 6.65. The van der Waals surface area contributed by atoms with Gasteiger partial charge >= 0.3 is 0 Å². The molecule has 1 aromatic carbocycles. The minimum absolute atomic E-state index is 0.0660. The van der Waals surface area contributed by atoms with Crippen LogP contribution in [0.3, 0.4) is 0 Å². The van der Waals surface area contributed by atoms with E-state index in [0.717, 1.165) is 18.4 Å². The van der Waals surface area contributed by atoms with Crippen LogP contribution in [0.5, 0.6) is 5.75 Å². The van der Waals surface area contributed by atoms with E-state index in [1.54, 1.807) is 31.2 Å². The number of halogens is 1. The Bertz CT molecular complexity index is 923. The van der Waals surface area contributed by atoms with Gasteiger partial charge in [-0.3, -0.25) is 14.9 Å². The van der Waals surface area contributed by atoms with E-state index in [2.05, 4.69) is 5.32 Å². The summed E-state index contributed by atoms with van der Waals surface area (Å²) in [6.45, 7) is 2.29. The van der Waals surface area contributed by atoms with Gasteiger partial charge < -0.3 is 4.74 Å². The van der Waals surface area contributed by atoms with Crippen molar-refractivity contribution in [3.63, 3.8) is 0 Å². The van der Waals surface area contributed by atoms with Crippen LogP contribution < -0.4 is 10.1 Å². The van der Waals surface area contributed by atoms with Crippen molar-refractivity contribution in [1.29, 1.82) is 0 Å². The van der Waals surface area contributed by atoms with Crippen molar-refractivity contribution in [3.05, 3.63) is 41.7 Å². The van der Waals surface area contributed by atoms with Gasteiger partial charge in [-0.15, -0.1) is 0 Å². The fourth-order valence-corrected chi connectivity index (χ4v) is 4.93. The van der Waals surface area contributed by atoms with E-state index in [1.807, 2.05) is 0 Å². The van der Waals surface area contributed by atoms with Crippen LogP contribution in [0.1, 0.15) is 50.5 Å². The molecular formula is C22H28FNO5S. The van der Waals surface area contributed by atoms with E-state index in [9.17, 15) is 22.4 Å². The highest BCUT2D eigenvalue weighted by molar-refractivity contribution is 7.91. The number of hydrogen-bond donors (Lipinski definition) is 1. The van der Waals surface area contributed by atoms with Crippen LogP contribution in [0.2, 0.25) is 0 Å². The number of nitrogens with one attached hydrogen (secondary N) is 1. The van der Waals surface area contributed by atoms with Gasteiger partial charge in [0.05, 0.1) is 18.1 Å². The maximum atomic E-state index is 14.0. The zero-order valence-corrected chi connectivity index (χ0v) is 17.9. The van der Waals surface area contributed by atoms with Gasteiger partial charge in [-0.1, -0.05) is 25.1 Å². The zero-order chi connectivity index (χ0) is 21.7. The number of hydrogen-bond acceptors (Lipinski definition) is 5. The van der Waals surface area contributed by atoms with Crippen molar-refractivity contribution in [2.75, 3.05) is 18.1 Å². The molecule has 1 N–H and O–H groups in total. The number of amides is 2. The molecule has 0 spiro atoms. The number of imide groups is 1. The molecule has 1 aromatic rings. The average molecular weight is 438 g/mol. The molecule has 2 atom stereocenters. The molecule has 1 aliphatic carbocycles. The summed E-state index contributed by atoms with van der Waals surface area (Å²) >= 11 is 0. The Labute approximate surface area is 176 Å². The molecule has 8 heteroatoms. The summed E-state index contributed by atoms with van der Waals surface area (Å²) in [5.41, 5.74) is 0.721. The van der Waals surface area contributed by atoms with Crippen molar-refractivity contribution in [2.24, 2.45) is 11.8 Å². The van der Waals surface area contributed by atoms with Gasteiger partial charge in [0, 0.05) is 12.3 Å². The molecule has 0 bridgehead atoms. The molecule has 2 amide bonds. The third-order valence-corrected chi connectivity index (χ3v) is 7.20. The van der Waals surface area contributed by atoms with E-state index in [4.69, 9.17) is 4.74 Å². The third-order valence-electron chi connectivity index (χ3n) is 5.49. The number of allylic oxidation sites excluding steroid dienone is 1. The lowest BCUT2D eigenvalue weighted by Crippen LogP contribution is -2.40. The maximum absolute atomic E-state index is 14.0. The number of piperidine rings is 1. The lowest BCUT2D eigenvalue weighted by Gasteiger charge is -2.19. The van der Waals surface area contributed by atoms with Crippen LogP contribution >= 0.6 is 0 Å². The number of rotatable bonds is 10. The van der Waals surface area contributed by atoms with Crippen LogP contribution in [0.4, 0.5) is 4.39 Å². The molecule has 3 rings (SSSR count). The van der Waals surface area contributed by atoms with Gasteiger partial charge in [-0.25, -0.2) is 12.8 Å². The molecule has 2 fully saturated rings. The number of sulfone groups is 1. The van der Waals surface area contributed by atoms with Crippen LogP contribution in [0.15, 0.2) is 30.4 Å². The van der Waals surface area contributed by atoms with E-state index < -0.39 is 15.7 Å². The summed E-state index contributed by atoms with van der Waals surface area (Å²) in [5, 5.41) is 2.29. The van der Waals surface area contributed by atoms with Gasteiger partial charge in [0.2, 0.25) is 11.8 Å². The standard InChI is InChI=1S/C22H28FNO5S/c1-15(18-7-9-19(23)20(12-18)29-13-16-5-6-16)14-30(27,28)11-3-2-4-17-8-10-21(25)24-22(17)26/h2-3,7,9,12,15-17H,4-6,8,10-11,13-14H2,1H3,(H,24,25,26)/b3-2+/t15-,17?/m0/s1. The predicted molar refractivity (Wildman–Crippen MR) is 111 cm³/mol. The number of benzene rings is 1. The maximum Gasteiger partial charge on any atom is 0.229 e. The van der Waals surface area contributed by atoms with E-state index in [0.29, 0.717) is 31.8 Å². The summed E-state index contributed by atoms with van der Waals surface area (Å²) in [7, 11) is -3.37. The lowest BCUT2D eigenvalue weighted by atomic mass is 9.95. The van der Waals surface area contributed by atoms with Gasteiger partial charge in [0.1, 0.15) is 0 Å². The Hall–Kier alpha value is -2.22. The van der Waals surface area contributed by atoms with E-state index in [1.165, 1.54) is 6.07 Å². The molecule has 6 nitrogen and oxygen atoms in total. The molecule has 30 heavy (non-hydrogen) atoms. The second-order valence-electron chi connectivity index (χ2n) is 8.28. The summed E-state index contributed by atoms with van der Waals surface area (Å²) < 4.78 is 44.4. The Morgan fingerprint density at radius 2 is 2.00 bits per heavy atom. The van der Waals surface area contributed by atoms with Crippen molar-refractivity contribution < 1.29 is 27.1 Å². The first-order valence-corrected chi connectivity index (χ1v) is 12.2. The molecule has 164 valence electrons. The molecule has 1 saturated carbocycles. The highest BCUT2D eigenvalue weighted by Crippen LogP contribution is 2.31. The highest BCUT2D eigenvalue weighted by atomic mass is 32.2. The number of ether oxygens (including phenoxy) is 1. The molecule has 1 heterocycles. The van der Waals surface area contributed by atoms with E-state index >= 15 is 0 Å². The fraction of sp³-hybridized carbons (Fsp3) is 0.545. The first-order valence-electron chi connectivity index (χ1n) is 10.3. The normalized spacial score (nSPS) is 20.9. The molecule has 1 unspecified atom stereocenters. The molecular weight excluding hydrogens is 409 g/mol. The SMILES string of the molecule is C[C@@H](CS(=O)(=O)C/C=C/CC1CCC(=O)NC1=O)c1ccc(F)c(OCC2CC2)c1. The summed E-state index contributed by atoms with van der Waals surface area (Å²) in [6, 6.07) is 4.51. The van der Waals surface area contributed by atoms with Crippen molar-refractivity contribution in [1.82, 2.24) is 5.32 Å². The van der Waals surface area contributed by atoms with Crippen LogP contribution in [0.25, 0.3) is 0 Å². The Kier molecular flexibility index (Phi) is 7.28. The Morgan fingerprint density at radius 1 is 1.23 bits per heavy atom. The first-order chi connectivity index (χ1) is 14.2. The molecule has 1 aliphatic heterocycles. The first kappa shape index (κ1) is 22.5. The van der Waals surface area contributed by atoms with Crippen molar-refractivity contribution in [2.45, 2.75) is 44.9 Å². The van der Waals surface area contributed by atoms with Gasteiger partial charge in [0.15, 0.2) is 21.4 Å². The van der Waals surface area contributed by atoms with Crippen LogP contribution in [-0.2, 0) is 19.4 Å². The van der Waals surface area contributed by atoms with Crippen molar-refractivity contribution in [3.8, 4) is 5.75 Å². The zero-order valence-electron chi connectivity index (χ0n) is 17.1. The Balaban J connectivity index is 1.51. The largest absolute Gasteiger partial charge is 0.490 e. The van der Waals surface area contributed by atoms with Crippen LogP contribution in [0, 0.1) is 17.7 Å². The average Bonchev–Trinajstić information content (AvgIpc) is 3.50. The molecule has 0 radical (unpaired) electrons. The molecule has 1 saturated heterocycles. The van der Waals surface area contributed by atoms with Gasteiger partial charge in [-0.05, 0) is 55.2 Å². The van der Waals surface area contributed by atoms with Gasteiger partial charge in [-0.2, -0.15) is 0 Å². The minimum Gasteiger partial charge on any atom is -0.490 e. The highest BCUT2D eigenvalue weighted by Gasteiger charge is 2.25. The van der Waals surface area contributed by atoms with Gasteiger partial charge in [0.25, 0.3) is 0 Å². The molecule has 0 aromatic heterocycles. The predicted octanol–water partition coefficient (Wildman–Crippen LogP) is 3.13. The summed E-state index contributed by atoms with van der Waals surface area (Å²) in [4.78, 5) is 22.9. The topological polar surface area (TPSA) is 89.5 Å². The lowest BCUT2D eigenvalue weighted by molar-refractivity contribution is -0.136. The second-order valence-corrected chi connectivity index (χ2v) is 10.4. The fourth-order valence-electron chi connectivity index (χ4n) is 3.41. The monoisotopic (exact) mass is 437 g/mol.